The summed E-state index contributed by atoms with van der Waals surface area (Å²) in [6, 6.07) is 11.2. The molecule has 0 radical (unpaired) electrons. The Morgan fingerprint density at radius 3 is 2.65 bits per heavy atom. The molecule has 0 aliphatic carbocycles. The summed E-state index contributed by atoms with van der Waals surface area (Å²) in [7, 11) is -2.25. The zero-order valence-electron chi connectivity index (χ0n) is 16.3. The van der Waals surface area contributed by atoms with Crippen LogP contribution in [0.5, 0.6) is 11.5 Å². The molecule has 3 aromatic rings. The molecular weight excluding hydrogens is 462 g/mol. The lowest BCUT2D eigenvalue weighted by atomic mass is 10.3. The van der Waals surface area contributed by atoms with Crippen LogP contribution in [0.4, 0.5) is 10.8 Å². The number of hydrogen-bond donors (Lipinski definition) is 1. The molecule has 1 aliphatic rings. The Bertz CT molecular complexity index is 1190. The monoisotopic (exact) mass is 481 g/mol. The number of ether oxygens (including phenoxy) is 2. The average Bonchev–Trinajstić information content (AvgIpc) is 3.39. The van der Waals surface area contributed by atoms with Crippen LogP contribution in [-0.2, 0) is 14.8 Å². The Balaban J connectivity index is 0.00000289. The number of thiazole rings is 1. The van der Waals surface area contributed by atoms with Gasteiger partial charge in [0.1, 0.15) is 16.5 Å². The minimum absolute atomic E-state index is 0. The van der Waals surface area contributed by atoms with Crippen LogP contribution in [0.3, 0.4) is 0 Å². The van der Waals surface area contributed by atoms with Gasteiger partial charge < -0.3 is 14.4 Å². The van der Waals surface area contributed by atoms with Crippen molar-refractivity contribution in [2.24, 2.45) is 0 Å². The maximum Gasteiger partial charge on any atom is 0.268 e. The Hall–Kier alpha value is -2.82. The van der Waals surface area contributed by atoms with E-state index in [1.165, 1.54) is 36.8 Å². The summed E-state index contributed by atoms with van der Waals surface area (Å²) in [4.78, 5) is 18.4. The molecule has 1 N–H and O–H groups in total. The minimum Gasteiger partial charge on any atom is -0.495 e. The van der Waals surface area contributed by atoms with E-state index in [-0.39, 0.29) is 17.4 Å². The lowest BCUT2D eigenvalue weighted by Gasteiger charge is -2.18. The molecule has 1 aromatic heterocycles. The molecule has 0 bridgehead atoms. The molecule has 2 aromatic carbocycles. The smallest absolute Gasteiger partial charge is 0.268 e. The Morgan fingerprint density at radius 1 is 1.23 bits per heavy atom. The van der Waals surface area contributed by atoms with Crippen molar-refractivity contribution in [2.75, 3.05) is 23.3 Å². The number of carbonyl (C=O) groups excluding carboxylic acids is 1. The van der Waals surface area contributed by atoms with E-state index in [9.17, 15) is 13.2 Å². The van der Waals surface area contributed by atoms with Gasteiger partial charge in [0.25, 0.3) is 15.9 Å². The molecule has 31 heavy (non-hydrogen) atoms. The molecular formula is C20H20ClN3O5S2. The average molecular weight is 482 g/mol. The summed E-state index contributed by atoms with van der Waals surface area (Å²) < 4.78 is 38.4. The third-order valence-corrected chi connectivity index (χ3v) is 7.23. The van der Waals surface area contributed by atoms with Crippen LogP contribution < -0.4 is 19.1 Å². The highest BCUT2D eigenvalue weighted by Gasteiger charge is 2.35. The molecule has 0 saturated carbocycles. The number of sulfonamides is 1. The fourth-order valence-corrected chi connectivity index (χ4v) is 5.20. The number of rotatable bonds is 7. The molecule has 4 rings (SSSR count). The molecule has 0 spiro atoms. The summed E-state index contributed by atoms with van der Waals surface area (Å²) in [5.74, 6) is 0.607. The molecule has 164 valence electrons. The molecule has 1 unspecified atom stereocenters. The van der Waals surface area contributed by atoms with E-state index < -0.39 is 16.1 Å². The highest BCUT2D eigenvalue weighted by Crippen LogP contribution is 2.35. The van der Waals surface area contributed by atoms with E-state index in [1.807, 2.05) is 0 Å². The predicted octanol–water partition coefficient (Wildman–Crippen LogP) is 4.04. The number of anilines is 2. The van der Waals surface area contributed by atoms with Gasteiger partial charge in [-0.25, -0.2) is 13.4 Å². The summed E-state index contributed by atoms with van der Waals surface area (Å²) in [5.41, 5.74) is 0.584. The van der Waals surface area contributed by atoms with Crippen molar-refractivity contribution in [2.45, 2.75) is 17.4 Å². The molecule has 1 amide bonds. The third-order valence-electron chi connectivity index (χ3n) is 4.69. The van der Waals surface area contributed by atoms with E-state index in [2.05, 4.69) is 9.71 Å². The quantitative estimate of drug-likeness (QED) is 0.547. The van der Waals surface area contributed by atoms with E-state index in [1.54, 1.807) is 40.6 Å². The molecule has 8 nitrogen and oxygen atoms in total. The van der Waals surface area contributed by atoms with Gasteiger partial charge in [0.15, 0.2) is 11.2 Å². The van der Waals surface area contributed by atoms with Gasteiger partial charge in [0, 0.05) is 31.7 Å². The highest BCUT2D eigenvalue weighted by atomic mass is 35.5. The van der Waals surface area contributed by atoms with Crippen LogP contribution in [0.25, 0.3) is 0 Å². The number of carbonyl (C=O) groups is 1. The number of amides is 1. The molecule has 2 heterocycles. The van der Waals surface area contributed by atoms with Crippen molar-refractivity contribution < 1.29 is 24.1 Å². The van der Waals surface area contributed by atoms with Crippen LogP contribution in [0, 0.1) is 0 Å². The van der Waals surface area contributed by atoms with Crippen molar-refractivity contribution in [3.8, 4) is 11.5 Å². The van der Waals surface area contributed by atoms with Crippen LogP contribution >= 0.6 is 22.9 Å². The van der Waals surface area contributed by atoms with Crippen molar-refractivity contribution in [3.63, 3.8) is 0 Å². The minimum atomic E-state index is -3.76. The summed E-state index contributed by atoms with van der Waals surface area (Å²) in [6.07, 6.45) is 1.29. The van der Waals surface area contributed by atoms with E-state index in [0.717, 1.165) is 0 Å². The third kappa shape index (κ3) is 4.46. The fourth-order valence-electron chi connectivity index (χ4n) is 3.17. The second-order valence-electron chi connectivity index (χ2n) is 6.59. The summed E-state index contributed by atoms with van der Waals surface area (Å²) in [6.45, 7) is 0.439. The lowest BCUT2D eigenvalue weighted by Crippen LogP contribution is -2.32. The Morgan fingerprint density at radius 2 is 1.97 bits per heavy atom. The van der Waals surface area contributed by atoms with Gasteiger partial charge in [-0.15, -0.1) is 11.3 Å². The second kappa shape index (κ2) is 8.74. The van der Waals surface area contributed by atoms with Crippen molar-refractivity contribution in [1.29, 1.82) is 0 Å². The molecule has 1 atom stereocenters. The molecule has 11 heteroatoms. The van der Waals surface area contributed by atoms with Gasteiger partial charge in [-0.3, -0.25) is 9.52 Å². The van der Waals surface area contributed by atoms with Crippen LogP contribution in [0.15, 0.2) is 58.9 Å². The Kier molecular flexibility index (Phi) is 6.03. The van der Waals surface area contributed by atoms with E-state index >= 15 is 0 Å². The van der Waals surface area contributed by atoms with Gasteiger partial charge in [0.05, 0.1) is 12.0 Å². The van der Waals surface area contributed by atoms with Gasteiger partial charge in [-0.1, -0.05) is 17.7 Å². The summed E-state index contributed by atoms with van der Waals surface area (Å²) in [5, 5.41) is 2.27. The van der Waals surface area contributed by atoms with Crippen molar-refractivity contribution in [3.05, 3.63) is 59.1 Å². The number of aromatic nitrogens is 1. The number of methoxy groups -OCH3 is 1. The number of hydrogen-bond acceptors (Lipinski definition) is 7. The highest BCUT2D eigenvalue weighted by molar-refractivity contribution is 7.93. The largest absolute Gasteiger partial charge is 0.495 e. The lowest BCUT2D eigenvalue weighted by molar-refractivity contribution is -0.122. The zero-order chi connectivity index (χ0) is 22.0. The Labute approximate surface area is 189 Å². The first-order valence-electron chi connectivity index (χ1n) is 9.22. The fraction of sp³-hybridized carbons (Fsp3) is 0.200. The maximum absolute atomic E-state index is 12.9. The van der Waals surface area contributed by atoms with E-state index in [4.69, 9.17) is 21.1 Å². The maximum atomic E-state index is 12.9. The number of nitrogens with zero attached hydrogens (tertiary/aromatic N) is 2. The number of halogens is 1. The van der Waals surface area contributed by atoms with Gasteiger partial charge in [0.2, 0.25) is 0 Å². The van der Waals surface area contributed by atoms with Crippen LogP contribution in [0.2, 0.25) is 5.02 Å². The van der Waals surface area contributed by atoms with Crippen molar-refractivity contribution >= 4 is 49.7 Å². The first kappa shape index (κ1) is 21.4. The number of nitrogens with one attached hydrogen (secondary N) is 1. The first-order chi connectivity index (χ1) is 14.9. The topological polar surface area (TPSA) is 97.8 Å². The molecule has 1 saturated heterocycles. The van der Waals surface area contributed by atoms with Gasteiger partial charge in [-0.05, 0) is 36.4 Å². The van der Waals surface area contributed by atoms with E-state index in [0.29, 0.717) is 35.2 Å². The first-order valence-corrected chi connectivity index (χ1v) is 12.0. The molecule has 1 fully saturated rings. The number of benzene rings is 2. The van der Waals surface area contributed by atoms with Crippen LogP contribution in [0.1, 0.15) is 7.85 Å². The summed E-state index contributed by atoms with van der Waals surface area (Å²) >= 11 is 7.44. The van der Waals surface area contributed by atoms with Crippen LogP contribution in [-0.4, -0.2) is 39.1 Å². The zero-order valence-corrected chi connectivity index (χ0v) is 18.7. The standard InChI is InChI=1S/C20H18ClN3O5S2.H2/c1-28-15-3-2-4-16(18(15)21)29-17-9-11-24(19(17)25)13-5-7-14(8-6-13)31(26,27)23-20-22-10-12-30-20;/h2-8,10,12,17H,9,11H2,1H3,(H,22,23);1H. The van der Waals surface area contributed by atoms with Gasteiger partial charge in [-0.2, -0.15) is 0 Å². The molecule has 1 aliphatic heterocycles. The van der Waals surface area contributed by atoms with Gasteiger partial charge >= 0.3 is 0 Å². The second-order valence-corrected chi connectivity index (χ2v) is 9.55. The SMILES string of the molecule is COc1cccc(OC2CCN(c3ccc(S(=O)(=O)Nc4nccs4)cc3)C2=O)c1Cl.[HH]. The predicted molar refractivity (Wildman–Crippen MR) is 121 cm³/mol. The van der Waals surface area contributed by atoms with Crippen molar-refractivity contribution in [1.82, 2.24) is 4.98 Å². The normalized spacial score (nSPS) is 16.4.